The molecule has 0 unspecified atom stereocenters. The van der Waals surface area contributed by atoms with Crippen LogP contribution in [0.15, 0.2) is 30.3 Å². The third-order valence-corrected chi connectivity index (χ3v) is 3.53. The van der Waals surface area contributed by atoms with E-state index < -0.39 is 5.41 Å². The van der Waals surface area contributed by atoms with Gasteiger partial charge in [-0.25, -0.2) is 0 Å². The van der Waals surface area contributed by atoms with Crippen molar-refractivity contribution >= 4 is 34.8 Å². The second-order valence-corrected chi connectivity index (χ2v) is 6.45. The van der Waals surface area contributed by atoms with E-state index in [1.807, 2.05) is 45.9 Å². The maximum absolute atomic E-state index is 11.9. The van der Waals surface area contributed by atoms with Gasteiger partial charge >= 0.3 is 0 Å². The zero-order valence-corrected chi connectivity index (χ0v) is 13.8. The number of carbonyl (C=O) groups is 1. The molecule has 2 N–H and O–H groups in total. The van der Waals surface area contributed by atoms with Gasteiger partial charge in [-0.05, 0) is 36.8 Å². The molecule has 1 amide bonds. The Morgan fingerprint density at radius 3 is 2.32 bits per heavy atom. The summed E-state index contributed by atoms with van der Waals surface area (Å²) in [5, 5.41) is 14.6. The molecular formula is C16H19ClN4O. The summed E-state index contributed by atoms with van der Waals surface area (Å²) in [6, 6.07) is 9.07. The smallest absolute Gasteiger partial charge is 0.230 e. The lowest BCUT2D eigenvalue weighted by atomic mass is 9.96. The SMILES string of the molecule is Cc1c(Cl)cccc1Nc1ccc(NC(=O)C(C)(C)C)nn1. The third-order valence-electron chi connectivity index (χ3n) is 3.12. The Labute approximate surface area is 135 Å². The summed E-state index contributed by atoms with van der Waals surface area (Å²) in [7, 11) is 0. The summed E-state index contributed by atoms with van der Waals surface area (Å²) in [4.78, 5) is 11.9. The van der Waals surface area contributed by atoms with Gasteiger partial charge in [0.2, 0.25) is 5.91 Å². The minimum Gasteiger partial charge on any atom is -0.338 e. The van der Waals surface area contributed by atoms with E-state index in [9.17, 15) is 4.79 Å². The Hall–Kier alpha value is -2.14. The molecule has 0 bridgehead atoms. The van der Waals surface area contributed by atoms with Crippen LogP contribution in [0.5, 0.6) is 0 Å². The first-order chi connectivity index (χ1) is 10.3. The van der Waals surface area contributed by atoms with Crippen LogP contribution in [0.3, 0.4) is 0 Å². The van der Waals surface area contributed by atoms with E-state index in [1.54, 1.807) is 12.1 Å². The van der Waals surface area contributed by atoms with E-state index in [1.165, 1.54) is 0 Å². The van der Waals surface area contributed by atoms with Crippen LogP contribution < -0.4 is 10.6 Å². The molecule has 1 aromatic carbocycles. The number of nitrogens with one attached hydrogen (secondary N) is 2. The molecule has 5 nitrogen and oxygen atoms in total. The highest BCUT2D eigenvalue weighted by molar-refractivity contribution is 6.31. The van der Waals surface area contributed by atoms with Crippen LogP contribution in [0.2, 0.25) is 5.02 Å². The minimum atomic E-state index is -0.476. The molecule has 0 aliphatic heterocycles. The number of amides is 1. The first kappa shape index (κ1) is 16.2. The Kier molecular flexibility index (Phi) is 4.66. The Morgan fingerprint density at radius 2 is 1.73 bits per heavy atom. The molecule has 1 aromatic heterocycles. The van der Waals surface area contributed by atoms with Crippen molar-refractivity contribution in [2.24, 2.45) is 5.41 Å². The Balaban J connectivity index is 2.09. The van der Waals surface area contributed by atoms with E-state index >= 15 is 0 Å². The highest BCUT2D eigenvalue weighted by Gasteiger charge is 2.21. The summed E-state index contributed by atoms with van der Waals surface area (Å²) in [6.07, 6.45) is 0. The van der Waals surface area contributed by atoms with Crippen molar-refractivity contribution in [3.63, 3.8) is 0 Å². The maximum Gasteiger partial charge on any atom is 0.230 e. The quantitative estimate of drug-likeness (QED) is 0.891. The van der Waals surface area contributed by atoms with Crippen molar-refractivity contribution in [1.82, 2.24) is 10.2 Å². The van der Waals surface area contributed by atoms with E-state index in [4.69, 9.17) is 11.6 Å². The molecule has 0 saturated carbocycles. The van der Waals surface area contributed by atoms with Gasteiger partial charge in [-0.1, -0.05) is 38.4 Å². The maximum atomic E-state index is 11.9. The summed E-state index contributed by atoms with van der Waals surface area (Å²) in [5.41, 5.74) is 1.33. The van der Waals surface area contributed by atoms with Crippen molar-refractivity contribution in [3.05, 3.63) is 40.9 Å². The van der Waals surface area contributed by atoms with Gasteiger partial charge in [0.1, 0.15) is 0 Å². The number of carbonyl (C=O) groups excluding carboxylic acids is 1. The zero-order chi connectivity index (χ0) is 16.3. The van der Waals surface area contributed by atoms with Crippen LogP contribution in [0.1, 0.15) is 26.3 Å². The average Bonchev–Trinajstić information content (AvgIpc) is 2.45. The highest BCUT2D eigenvalue weighted by Crippen LogP contribution is 2.25. The molecule has 2 aromatic rings. The molecule has 0 fully saturated rings. The number of hydrogen-bond donors (Lipinski definition) is 2. The molecule has 0 spiro atoms. The van der Waals surface area contributed by atoms with Gasteiger partial charge in [0.05, 0.1) is 0 Å². The summed E-state index contributed by atoms with van der Waals surface area (Å²) >= 11 is 6.08. The van der Waals surface area contributed by atoms with Gasteiger partial charge in [-0.3, -0.25) is 4.79 Å². The van der Waals surface area contributed by atoms with E-state index in [-0.39, 0.29) is 5.91 Å². The number of benzene rings is 1. The molecule has 6 heteroatoms. The Morgan fingerprint density at radius 1 is 1.09 bits per heavy atom. The summed E-state index contributed by atoms with van der Waals surface area (Å²) < 4.78 is 0. The monoisotopic (exact) mass is 318 g/mol. The van der Waals surface area contributed by atoms with Crippen LogP contribution in [-0.4, -0.2) is 16.1 Å². The highest BCUT2D eigenvalue weighted by atomic mass is 35.5. The second-order valence-electron chi connectivity index (χ2n) is 6.05. The number of nitrogens with zero attached hydrogens (tertiary/aromatic N) is 2. The van der Waals surface area contributed by atoms with E-state index in [0.29, 0.717) is 16.7 Å². The third kappa shape index (κ3) is 3.95. The van der Waals surface area contributed by atoms with Gasteiger partial charge in [0.25, 0.3) is 0 Å². The van der Waals surface area contributed by atoms with Crippen molar-refractivity contribution in [3.8, 4) is 0 Å². The van der Waals surface area contributed by atoms with Crippen molar-refractivity contribution in [1.29, 1.82) is 0 Å². The number of hydrogen-bond acceptors (Lipinski definition) is 4. The topological polar surface area (TPSA) is 66.9 Å². The Bertz CT molecular complexity index is 678. The number of aromatic nitrogens is 2. The molecule has 22 heavy (non-hydrogen) atoms. The van der Waals surface area contributed by atoms with Gasteiger partial charge < -0.3 is 10.6 Å². The van der Waals surface area contributed by atoms with Crippen molar-refractivity contribution < 1.29 is 4.79 Å². The fourth-order valence-corrected chi connectivity index (χ4v) is 1.82. The van der Waals surface area contributed by atoms with Gasteiger partial charge in [0, 0.05) is 16.1 Å². The lowest BCUT2D eigenvalue weighted by molar-refractivity contribution is -0.123. The number of rotatable bonds is 3. The first-order valence-corrected chi connectivity index (χ1v) is 7.32. The van der Waals surface area contributed by atoms with Crippen LogP contribution in [0.25, 0.3) is 0 Å². The van der Waals surface area contributed by atoms with Crippen LogP contribution in [0.4, 0.5) is 17.3 Å². The normalized spacial score (nSPS) is 11.1. The molecule has 2 rings (SSSR count). The first-order valence-electron chi connectivity index (χ1n) is 6.95. The molecular weight excluding hydrogens is 300 g/mol. The van der Waals surface area contributed by atoms with Crippen molar-refractivity contribution in [2.45, 2.75) is 27.7 Å². The van der Waals surface area contributed by atoms with Crippen molar-refractivity contribution in [2.75, 3.05) is 10.6 Å². The second kappa shape index (κ2) is 6.32. The van der Waals surface area contributed by atoms with Crippen LogP contribution in [-0.2, 0) is 4.79 Å². The molecule has 0 aliphatic carbocycles. The molecule has 0 atom stereocenters. The van der Waals surface area contributed by atoms with E-state index in [0.717, 1.165) is 11.3 Å². The van der Waals surface area contributed by atoms with Crippen LogP contribution in [0, 0.1) is 12.3 Å². The van der Waals surface area contributed by atoms with E-state index in [2.05, 4.69) is 20.8 Å². The lowest BCUT2D eigenvalue weighted by Crippen LogP contribution is -2.28. The minimum absolute atomic E-state index is 0.104. The lowest BCUT2D eigenvalue weighted by Gasteiger charge is -2.17. The summed E-state index contributed by atoms with van der Waals surface area (Å²) in [6.45, 7) is 7.45. The zero-order valence-electron chi connectivity index (χ0n) is 13.1. The van der Waals surface area contributed by atoms with Crippen LogP contribution >= 0.6 is 11.6 Å². The molecule has 0 saturated heterocycles. The summed E-state index contributed by atoms with van der Waals surface area (Å²) in [5.74, 6) is 0.903. The predicted octanol–water partition coefficient (Wildman–Crippen LogP) is 4.17. The fourth-order valence-electron chi connectivity index (χ4n) is 1.65. The van der Waals surface area contributed by atoms with Gasteiger partial charge in [0.15, 0.2) is 11.6 Å². The molecule has 1 heterocycles. The average molecular weight is 319 g/mol. The van der Waals surface area contributed by atoms with Gasteiger partial charge in [-0.2, -0.15) is 0 Å². The number of anilines is 3. The molecule has 116 valence electrons. The predicted molar refractivity (Wildman–Crippen MR) is 89.6 cm³/mol. The largest absolute Gasteiger partial charge is 0.338 e. The fraction of sp³-hybridized carbons (Fsp3) is 0.312. The van der Waals surface area contributed by atoms with Gasteiger partial charge in [-0.15, -0.1) is 10.2 Å². The number of halogens is 1. The standard InChI is InChI=1S/C16H19ClN4O/c1-10-11(17)6-5-7-12(10)18-13-8-9-14(21-20-13)19-15(22)16(2,3)4/h5-9H,1-4H3,(H,18,20)(H,19,21,22). The molecule has 0 radical (unpaired) electrons. The molecule has 0 aliphatic rings.